The normalized spacial score (nSPS) is 13.4. The molecule has 380 valence electrons. The SMILES string of the molecule is Cc1cc(C)cc(N(c2ccc(C(C)(C)C)cc2)c2ccc3c4c(c5ccccc5c3c2)-c2c(cc(N(c3ccc(C(C)(C)C)cc3)c3cc(C)cc(C)c3)c3c2oc2ccccc23)C42c3ccccc3-c3ccccc32)c1. The van der Waals surface area contributed by atoms with E-state index in [1.54, 1.807) is 0 Å². The third-order valence-corrected chi connectivity index (χ3v) is 17.0. The summed E-state index contributed by atoms with van der Waals surface area (Å²) in [4.78, 5) is 4.97. The highest BCUT2D eigenvalue weighted by Crippen LogP contribution is 2.68. The molecule has 1 spiro atoms. The van der Waals surface area contributed by atoms with Crippen molar-refractivity contribution in [2.45, 2.75) is 85.5 Å². The van der Waals surface area contributed by atoms with Crippen molar-refractivity contribution in [2.24, 2.45) is 0 Å². The minimum absolute atomic E-state index is 0.00573. The number of furan rings is 1. The molecule has 2 aliphatic rings. The van der Waals surface area contributed by atoms with Crippen LogP contribution in [0, 0.1) is 27.7 Å². The monoisotopic (exact) mass is 1010 g/mol. The summed E-state index contributed by atoms with van der Waals surface area (Å²) in [6, 6.07) is 78.5. The summed E-state index contributed by atoms with van der Waals surface area (Å²) in [6.45, 7) is 22.6. The molecule has 0 radical (unpaired) electrons. The molecular formula is C75H64N2O. The van der Waals surface area contributed by atoms with E-state index in [2.05, 4.69) is 285 Å². The Kier molecular flexibility index (Phi) is 10.5. The number of anilines is 6. The first kappa shape index (κ1) is 47.8. The van der Waals surface area contributed by atoms with Crippen LogP contribution < -0.4 is 9.80 Å². The van der Waals surface area contributed by atoms with Gasteiger partial charge >= 0.3 is 0 Å². The van der Waals surface area contributed by atoms with Gasteiger partial charge in [-0.25, -0.2) is 0 Å². The van der Waals surface area contributed by atoms with E-state index in [4.69, 9.17) is 4.42 Å². The smallest absolute Gasteiger partial charge is 0.145 e. The maximum Gasteiger partial charge on any atom is 0.145 e. The molecule has 0 amide bonds. The van der Waals surface area contributed by atoms with Crippen LogP contribution in [0.5, 0.6) is 0 Å². The van der Waals surface area contributed by atoms with E-state index >= 15 is 0 Å². The first-order valence-electron chi connectivity index (χ1n) is 27.7. The lowest BCUT2D eigenvalue weighted by Gasteiger charge is -2.34. The molecule has 3 nitrogen and oxygen atoms in total. The molecule has 78 heavy (non-hydrogen) atoms. The summed E-state index contributed by atoms with van der Waals surface area (Å²) in [6.07, 6.45) is 0. The lowest BCUT2D eigenvalue weighted by atomic mass is 9.69. The fourth-order valence-electron chi connectivity index (χ4n) is 13.8. The minimum atomic E-state index is -0.732. The number of nitrogens with zero attached hydrogens (tertiary/aromatic N) is 2. The van der Waals surface area contributed by atoms with Gasteiger partial charge in [-0.15, -0.1) is 0 Å². The fraction of sp³-hybridized carbons (Fsp3) is 0.173. The van der Waals surface area contributed by atoms with Gasteiger partial charge < -0.3 is 14.2 Å². The highest BCUT2D eigenvalue weighted by atomic mass is 16.3. The Morgan fingerprint density at radius 2 is 0.833 bits per heavy atom. The van der Waals surface area contributed by atoms with Crippen molar-refractivity contribution in [3.05, 3.63) is 262 Å². The lowest BCUT2D eigenvalue weighted by Crippen LogP contribution is -2.26. The topological polar surface area (TPSA) is 19.6 Å². The Morgan fingerprint density at radius 3 is 1.40 bits per heavy atom. The Balaban J connectivity index is 1.14. The van der Waals surface area contributed by atoms with E-state index in [1.165, 1.54) is 93.9 Å². The molecular weight excluding hydrogens is 945 g/mol. The zero-order valence-corrected chi connectivity index (χ0v) is 46.4. The molecule has 12 aromatic rings. The molecule has 0 saturated carbocycles. The molecule has 0 atom stereocenters. The predicted molar refractivity (Wildman–Crippen MR) is 331 cm³/mol. The average Bonchev–Trinajstić information content (AvgIpc) is 2.54. The molecule has 1 heterocycles. The minimum Gasteiger partial charge on any atom is -0.455 e. The maximum absolute atomic E-state index is 7.53. The molecule has 0 unspecified atom stereocenters. The Morgan fingerprint density at radius 1 is 0.359 bits per heavy atom. The molecule has 0 saturated heterocycles. The van der Waals surface area contributed by atoms with Gasteiger partial charge in [-0.2, -0.15) is 0 Å². The molecule has 14 rings (SSSR count). The lowest BCUT2D eigenvalue weighted by molar-refractivity contribution is 0.590. The van der Waals surface area contributed by atoms with Crippen LogP contribution in [0.15, 0.2) is 211 Å². The molecule has 0 N–H and O–H groups in total. The third-order valence-electron chi connectivity index (χ3n) is 17.0. The average molecular weight is 1010 g/mol. The summed E-state index contributed by atoms with van der Waals surface area (Å²) in [7, 11) is 0. The van der Waals surface area contributed by atoms with Crippen LogP contribution in [0.25, 0.3) is 65.7 Å². The summed E-state index contributed by atoms with van der Waals surface area (Å²) >= 11 is 0. The van der Waals surface area contributed by atoms with E-state index in [-0.39, 0.29) is 10.8 Å². The molecule has 3 heteroatoms. The van der Waals surface area contributed by atoms with Gasteiger partial charge in [-0.3, -0.25) is 0 Å². The number of aryl methyl sites for hydroxylation is 4. The molecule has 11 aromatic carbocycles. The van der Waals surface area contributed by atoms with Crippen molar-refractivity contribution in [2.75, 3.05) is 9.80 Å². The van der Waals surface area contributed by atoms with Gasteiger partial charge in [0.15, 0.2) is 0 Å². The van der Waals surface area contributed by atoms with Crippen molar-refractivity contribution in [3.63, 3.8) is 0 Å². The van der Waals surface area contributed by atoms with Crippen molar-refractivity contribution >= 4 is 77.6 Å². The number of rotatable bonds is 6. The Labute approximate surface area is 459 Å². The second kappa shape index (κ2) is 17.2. The standard InChI is InChI=1S/C75H64N2O/c1-45-37-46(2)40-54(39-45)76(51-31-27-49(28-32-51)73(5,6)7)53-35-36-60-62(43-53)56-19-11-12-22-59(56)69-70-65(75(71(60)69)63-24-16-13-20-57(63)58-21-14-17-25-64(58)75)44-66(68-61-23-15-18-26-67(61)78-72(68)70)77(55-41-47(3)38-48(4)42-55)52-33-29-50(30-34-52)74(8,9)10/h11-44H,1-10H3. The quantitative estimate of drug-likeness (QED) is 0.155. The second-order valence-electron chi connectivity index (χ2n) is 24.4. The Bertz CT molecular complexity index is 4360. The van der Waals surface area contributed by atoms with Gasteiger partial charge in [0.25, 0.3) is 0 Å². The molecule has 2 aliphatic carbocycles. The van der Waals surface area contributed by atoms with Gasteiger partial charge in [-0.1, -0.05) is 175 Å². The van der Waals surface area contributed by atoms with E-state index in [0.29, 0.717) is 0 Å². The van der Waals surface area contributed by atoms with Crippen molar-refractivity contribution in [1.29, 1.82) is 0 Å². The van der Waals surface area contributed by atoms with Gasteiger partial charge in [0.1, 0.15) is 11.2 Å². The van der Waals surface area contributed by atoms with E-state index < -0.39 is 5.41 Å². The summed E-state index contributed by atoms with van der Waals surface area (Å²) < 4.78 is 7.53. The van der Waals surface area contributed by atoms with Crippen LogP contribution in [-0.2, 0) is 16.2 Å². The van der Waals surface area contributed by atoms with Gasteiger partial charge in [0.05, 0.1) is 16.5 Å². The van der Waals surface area contributed by atoms with Crippen molar-refractivity contribution in [3.8, 4) is 22.3 Å². The molecule has 0 bridgehead atoms. The zero-order chi connectivity index (χ0) is 53.6. The van der Waals surface area contributed by atoms with Crippen molar-refractivity contribution < 1.29 is 4.42 Å². The van der Waals surface area contributed by atoms with Gasteiger partial charge in [0.2, 0.25) is 0 Å². The van der Waals surface area contributed by atoms with E-state index in [1.807, 2.05) is 0 Å². The highest BCUT2D eigenvalue weighted by Gasteiger charge is 2.54. The van der Waals surface area contributed by atoms with Crippen LogP contribution in [0.4, 0.5) is 34.1 Å². The van der Waals surface area contributed by atoms with Crippen LogP contribution in [0.2, 0.25) is 0 Å². The van der Waals surface area contributed by atoms with Gasteiger partial charge in [0, 0.05) is 39.4 Å². The molecule has 0 aliphatic heterocycles. The van der Waals surface area contributed by atoms with E-state index in [9.17, 15) is 0 Å². The first-order valence-corrected chi connectivity index (χ1v) is 27.7. The number of para-hydroxylation sites is 1. The molecule has 0 fully saturated rings. The molecule has 1 aromatic heterocycles. The van der Waals surface area contributed by atoms with Crippen LogP contribution in [-0.4, -0.2) is 0 Å². The number of benzene rings is 11. The highest BCUT2D eigenvalue weighted by molar-refractivity contribution is 6.26. The van der Waals surface area contributed by atoms with Crippen LogP contribution in [0.3, 0.4) is 0 Å². The Hall–Kier alpha value is -8.66. The summed E-state index contributed by atoms with van der Waals surface area (Å²) in [5, 5.41) is 7.07. The summed E-state index contributed by atoms with van der Waals surface area (Å²) in [5.41, 5.74) is 25.3. The predicted octanol–water partition coefficient (Wildman–Crippen LogP) is 21.0. The van der Waals surface area contributed by atoms with E-state index in [0.717, 1.165) is 61.6 Å². The first-order chi connectivity index (χ1) is 37.6. The number of hydrogen-bond acceptors (Lipinski definition) is 3. The third kappa shape index (κ3) is 7.10. The van der Waals surface area contributed by atoms with Crippen LogP contribution in [0.1, 0.15) is 97.2 Å². The van der Waals surface area contributed by atoms with Crippen LogP contribution >= 0.6 is 0 Å². The number of hydrogen-bond donors (Lipinski definition) is 0. The maximum atomic E-state index is 7.53. The number of fused-ring (bicyclic) bond motifs is 19. The largest absolute Gasteiger partial charge is 0.455 e. The summed E-state index contributed by atoms with van der Waals surface area (Å²) in [5.74, 6) is 0. The van der Waals surface area contributed by atoms with Crippen molar-refractivity contribution in [1.82, 2.24) is 0 Å². The van der Waals surface area contributed by atoms with Gasteiger partial charge in [-0.05, 0) is 205 Å². The zero-order valence-electron chi connectivity index (χ0n) is 46.4. The second-order valence-corrected chi connectivity index (χ2v) is 24.4. The fourth-order valence-corrected chi connectivity index (χ4v) is 13.8.